The highest BCUT2D eigenvalue weighted by Gasteiger charge is 2.58. The minimum absolute atomic E-state index is 0.373. The largest absolute Gasteiger partial charge is 0.271 e. The van der Waals surface area contributed by atoms with E-state index in [4.69, 9.17) is 5.84 Å². The predicted octanol–water partition coefficient (Wildman–Crippen LogP) is 3.06. The van der Waals surface area contributed by atoms with Crippen LogP contribution in [0.3, 0.4) is 0 Å². The fourth-order valence-corrected chi connectivity index (χ4v) is 6.39. The van der Waals surface area contributed by atoms with Crippen molar-refractivity contribution in [3.05, 3.63) is 30.1 Å². The molecule has 4 aliphatic rings. The molecule has 4 bridgehead atoms. The first-order chi connectivity index (χ1) is 10.1. The Kier molecular flexibility index (Phi) is 3.13. The lowest BCUT2D eigenvalue weighted by atomic mass is 9.43. The summed E-state index contributed by atoms with van der Waals surface area (Å²) >= 11 is 0. The van der Waals surface area contributed by atoms with E-state index in [1.165, 1.54) is 44.2 Å². The van der Waals surface area contributed by atoms with Crippen molar-refractivity contribution in [3.63, 3.8) is 0 Å². The monoisotopic (exact) mass is 285 g/mol. The van der Waals surface area contributed by atoms with Crippen LogP contribution in [0.2, 0.25) is 0 Å². The van der Waals surface area contributed by atoms with Crippen LogP contribution in [0, 0.1) is 22.7 Å². The molecule has 114 valence electrons. The van der Waals surface area contributed by atoms with E-state index >= 15 is 0 Å². The van der Waals surface area contributed by atoms with Gasteiger partial charge in [-0.2, -0.15) is 0 Å². The minimum Gasteiger partial charge on any atom is -0.271 e. The van der Waals surface area contributed by atoms with Gasteiger partial charge in [-0.3, -0.25) is 16.3 Å². The first-order valence-electron chi connectivity index (χ1n) is 8.47. The Morgan fingerprint density at radius 3 is 2.62 bits per heavy atom. The fraction of sp³-hybridized carbons (Fsp3) is 0.722. The normalized spacial score (nSPS) is 42.2. The summed E-state index contributed by atoms with van der Waals surface area (Å²) in [6.07, 6.45) is 11.3. The second kappa shape index (κ2) is 4.79. The van der Waals surface area contributed by atoms with Crippen LogP contribution in [-0.4, -0.2) is 11.0 Å². The lowest BCUT2D eigenvalue weighted by molar-refractivity contribution is -0.118. The SMILES string of the molecule is CC12CC3CC(C1)CC(C(Cc1ccccn1)NN)(C3)C2. The number of hydrogen-bond donors (Lipinski definition) is 2. The van der Waals surface area contributed by atoms with Gasteiger partial charge < -0.3 is 0 Å². The summed E-state index contributed by atoms with van der Waals surface area (Å²) in [5.41, 5.74) is 5.33. The maximum Gasteiger partial charge on any atom is 0.0419 e. The fourth-order valence-electron chi connectivity index (χ4n) is 6.39. The zero-order valence-electron chi connectivity index (χ0n) is 13.0. The Balaban J connectivity index is 1.61. The second-order valence-electron chi connectivity index (χ2n) is 8.38. The van der Waals surface area contributed by atoms with Crippen molar-refractivity contribution < 1.29 is 0 Å². The third kappa shape index (κ3) is 2.31. The molecule has 0 aliphatic heterocycles. The summed E-state index contributed by atoms with van der Waals surface area (Å²) in [7, 11) is 0. The molecule has 3 unspecified atom stereocenters. The van der Waals surface area contributed by atoms with E-state index in [0.29, 0.717) is 16.9 Å². The van der Waals surface area contributed by atoms with E-state index in [1.54, 1.807) is 0 Å². The second-order valence-corrected chi connectivity index (χ2v) is 8.38. The van der Waals surface area contributed by atoms with Gasteiger partial charge in [0.15, 0.2) is 0 Å². The number of pyridine rings is 1. The van der Waals surface area contributed by atoms with E-state index in [2.05, 4.69) is 29.5 Å². The zero-order chi connectivity index (χ0) is 14.5. The summed E-state index contributed by atoms with van der Waals surface area (Å²) in [5.74, 6) is 7.89. The van der Waals surface area contributed by atoms with Crippen LogP contribution in [0.1, 0.15) is 51.1 Å². The summed E-state index contributed by atoms with van der Waals surface area (Å²) in [4.78, 5) is 4.52. The molecule has 4 saturated carbocycles. The summed E-state index contributed by atoms with van der Waals surface area (Å²) in [6, 6.07) is 6.57. The molecule has 0 radical (unpaired) electrons. The van der Waals surface area contributed by atoms with Crippen LogP contribution >= 0.6 is 0 Å². The standard InChI is InChI=1S/C18H27N3/c1-17-8-13-6-14(9-17)11-18(10-13,12-17)16(21-19)7-15-4-2-3-5-20-15/h2-5,13-14,16,21H,6-12,19H2,1H3. The Morgan fingerprint density at radius 2 is 2.05 bits per heavy atom. The van der Waals surface area contributed by atoms with Gasteiger partial charge in [-0.15, -0.1) is 0 Å². The molecule has 1 heterocycles. The van der Waals surface area contributed by atoms with Crippen LogP contribution in [0.4, 0.5) is 0 Å². The van der Waals surface area contributed by atoms with Gasteiger partial charge in [-0.05, 0) is 73.3 Å². The van der Waals surface area contributed by atoms with E-state index in [9.17, 15) is 0 Å². The minimum atomic E-state index is 0.373. The molecule has 0 amide bonds. The van der Waals surface area contributed by atoms with Crippen LogP contribution < -0.4 is 11.3 Å². The highest BCUT2D eigenvalue weighted by atomic mass is 15.2. The average Bonchev–Trinajstić information content (AvgIpc) is 2.43. The molecule has 1 aromatic rings. The van der Waals surface area contributed by atoms with Gasteiger partial charge in [0, 0.05) is 24.4 Å². The van der Waals surface area contributed by atoms with Gasteiger partial charge in [-0.1, -0.05) is 13.0 Å². The maximum atomic E-state index is 6.01. The Morgan fingerprint density at radius 1 is 1.29 bits per heavy atom. The summed E-state index contributed by atoms with van der Waals surface area (Å²) < 4.78 is 0. The van der Waals surface area contributed by atoms with Crippen molar-refractivity contribution in [3.8, 4) is 0 Å². The summed E-state index contributed by atoms with van der Waals surface area (Å²) in [5, 5.41) is 0. The van der Waals surface area contributed by atoms with Crippen molar-refractivity contribution in [2.75, 3.05) is 0 Å². The van der Waals surface area contributed by atoms with Gasteiger partial charge in [0.1, 0.15) is 0 Å². The van der Waals surface area contributed by atoms with E-state index < -0.39 is 0 Å². The number of rotatable bonds is 4. The average molecular weight is 285 g/mol. The summed E-state index contributed by atoms with van der Waals surface area (Å²) in [6.45, 7) is 2.52. The van der Waals surface area contributed by atoms with E-state index in [0.717, 1.165) is 18.3 Å². The van der Waals surface area contributed by atoms with Gasteiger partial charge in [0.25, 0.3) is 0 Å². The van der Waals surface area contributed by atoms with Crippen molar-refractivity contribution in [1.82, 2.24) is 10.4 Å². The first-order valence-corrected chi connectivity index (χ1v) is 8.47. The third-order valence-corrected chi connectivity index (χ3v) is 6.48. The molecule has 3 N–H and O–H groups in total. The first kappa shape index (κ1) is 13.7. The van der Waals surface area contributed by atoms with Gasteiger partial charge >= 0.3 is 0 Å². The lowest BCUT2D eigenvalue weighted by Crippen LogP contribution is -2.60. The van der Waals surface area contributed by atoms with Crippen LogP contribution in [-0.2, 0) is 6.42 Å². The predicted molar refractivity (Wildman–Crippen MR) is 84.3 cm³/mol. The number of nitrogens with one attached hydrogen (secondary N) is 1. The van der Waals surface area contributed by atoms with E-state index in [-0.39, 0.29) is 0 Å². The molecular weight excluding hydrogens is 258 g/mol. The van der Waals surface area contributed by atoms with E-state index in [1.807, 2.05) is 12.3 Å². The molecule has 0 saturated heterocycles. The quantitative estimate of drug-likeness (QED) is 0.660. The van der Waals surface area contributed by atoms with Crippen molar-refractivity contribution >= 4 is 0 Å². The van der Waals surface area contributed by atoms with Gasteiger partial charge in [-0.25, -0.2) is 0 Å². The van der Waals surface area contributed by atoms with Crippen LogP contribution in [0.5, 0.6) is 0 Å². The number of aromatic nitrogens is 1. The molecule has 4 fully saturated rings. The topological polar surface area (TPSA) is 50.9 Å². The molecule has 3 nitrogen and oxygen atoms in total. The molecule has 0 spiro atoms. The number of nitrogens with two attached hydrogens (primary N) is 1. The molecule has 3 atom stereocenters. The molecule has 4 aliphatic carbocycles. The molecule has 0 aromatic carbocycles. The van der Waals surface area contributed by atoms with Crippen molar-refractivity contribution in [2.24, 2.45) is 28.5 Å². The number of nitrogens with zero attached hydrogens (tertiary/aromatic N) is 1. The lowest BCUT2D eigenvalue weighted by Gasteiger charge is -2.63. The number of hydrazine groups is 1. The molecular formula is C18H27N3. The molecule has 5 rings (SSSR count). The molecule has 1 aromatic heterocycles. The van der Waals surface area contributed by atoms with Crippen molar-refractivity contribution in [1.29, 1.82) is 0 Å². The smallest absolute Gasteiger partial charge is 0.0419 e. The van der Waals surface area contributed by atoms with Gasteiger partial charge in [0.05, 0.1) is 0 Å². The Bertz CT molecular complexity index is 498. The zero-order valence-corrected chi connectivity index (χ0v) is 13.0. The van der Waals surface area contributed by atoms with Gasteiger partial charge in [0.2, 0.25) is 0 Å². The van der Waals surface area contributed by atoms with Crippen LogP contribution in [0.15, 0.2) is 24.4 Å². The highest BCUT2D eigenvalue weighted by Crippen LogP contribution is 2.66. The molecule has 21 heavy (non-hydrogen) atoms. The third-order valence-electron chi connectivity index (χ3n) is 6.48. The molecule has 3 heteroatoms. The highest BCUT2D eigenvalue weighted by molar-refractivity contribution is 5.13. The Hall–Kier alpha value is -0.930. The van der Waals surface area contributed by atoms with Crippen LogP contribution in [0.25, 0.3) is 0 Å². The number of hydrogen-bond acceptors (Lipinski definition) is 3. The maximum absolute atomic E-state index is 6.01. The Labute approximate surface area is 127 Å². The van der Waals surface area contributed by atoms with Crippen molar-refractivity contribution in [2.45, 2.75) is 57.9 Å².